The molecule has 1 aliphatic carbocycles. The number of hydrogen-bond donors (Lipinski definition) is 2. The average molecular weight is 280 g/mol. The van der Waals surface area contributed by atoms with Crippen LogP contribution in [0.3, 0.4) is 0 Å². The molecule has 0 bridgehead atoms. The van der Waals surface area contributed by atoms with E-state index in [0.717, 1.165) is 17.7 Å². The third kappa shape index (κ3) is 2.59. The molecule has 1 aliphatic rings. The Hall–Kier alpha value is -2.11. The fourth-order valence-corrected chi connectivity index (χ4v) is 2.49. The molecule has 0 spiro atoms. The van der Waals surface area contributed by atoms with Crippen molar-refractivity contribution >= 4 is 17.7 Å². The molecule has 0 unspecified atom stereocenters. The predicted molar refractivity (Wildman–Crippen MR) is 72.2 cm³/mol. The molecule has 0 aliphatic heterocycles. The number of anilines is 1. The van der Waals surface area contributed by atoms with Crippen molar-refractivity contribution in [1.82, 2.24) is 5.32 Å². The van der Waals surface area contributed by atoms with Crippen LogP contribution in [0, 0.1) is 5.82 Å². The predicted octanol–water partition coefficient (Wildman–Crippen LogP) is 2.37. The summed E-state index contributed by atoms with van der Waals surface area (Å²) in [4.78, 5) is 24.6. The number of carbonyl (C=O) groups excluding carboxylic acids is 1. The number of nitrogens with zero attached hydrogens (tertiary/aromatic N) is 1. The van der Waals surface area contributed by atoms with Crippen LogP contribution in [0.25, 0.3) is 0 Å². The molecule has 0 saturated heterocycles. The van der Waals surface area contributed by atoms with Crippen molar-refractivity contribution in [3.8, 4) is 0 Å². The summed E-state index contributed by atoms with van der Waals surface area (Å²) in [6, 6.07) is 5.25. The first-order valence-electron chi connectivity index (χ1n) is 6.50. The van der Waals surface area contributed by atoms with Crippen LogP contribution in [-0.2, 0) is 4.79 Å². The number of hydrogen-bond acceptors (Lipinski definition) is 2. The van der Waals surface area contributed by atoms with Gasteiger partial charge >= 0.3 is 12.0 Å². The van der Waals surface area contributed by atoms with Crippen LogP contribution >= 0.6 is 0 Å². The standard InChI is InChI=1S/C14H17FN2O3/c1-17(11-7-3-2-6-10(11)15)13(20)16-14(12(18)19)8-4-5-9-14/h2-3,6-7H,4-5,8-9H2,1H3,(H,16,20)(H,18,19). The fourth-order valence-electron chi connectivity index (χ4n) is 2.49. The quantitative estimate of drug-likeness (QED) is 0.893. The van der Waals surface area contributed by atoms with Crippen LogP contribution in [0.4, 0.5) is 14.9 Å². The van der Waals surface area contributed by atoms with E-state index in [4.69, 9.17) is 0 Å². The smallest absolute Gasteiger partial charge is 0.329 e. The summed E-state index contributed by atoms with van der Waals surface area (Å²) in [6.45, 7) is 0. The van der Waals surface area contributed by atoms with E-state index in [0.29, 0.717) is 12.8 Å². The number of rotatable bonds is 3. The summed E-state index contributed by atoms with van der Waals surface area (Å²) >= 11 is 0. The van der Waals surface area contributed by atoms with Crippen LogP contribution in [0.1, 0.15) is 25.7 Å². The van der Waals surface area contributed by atoms with Crippen molar-refractivity contribution < 1.29 is 19.1 Å². The lowest BCUT2D eigenvalue weighted by atomic mass is 9.98. The molecule has 1 aromatic carbocycles. The second kappa shape index (κ2) is 5.48. The fraction of sp³-hybridized carbons (Fsp3) is 0.429. The van der Waals surface area contributed by atoms with Gasteiger partial charge in [0, 0.05) is 7.05 Å². The molecule has 0 atom stereocenters. The molecule has 2 amide bonds. The highest BCUT2D eigenvalue weighted by molar-refractivity contribution is 5.95. The Labute approximate surface area is 116 Å². The minimum Gasteiger partial charge on any atom is -0.480 e. The molecule has 0 radical (unpaired) electrons. The minimum absolute atomic E-state index is 0.114. The van der Waals surface area contributed by atoms with Gasteiger partial charge in [-0.05, 0) is 25.0 Å². The van der Waals surface area contributed by atoms with Gasteiger partial charge in [-0.1, -0.05) is 25.0 Å². The number of urea groups is 1. The number of aliphatic carboxylic acids is 1. The van der Waals surface area contributed by atoms with E-state index < -0.39 is 23.4 Å². The Morgan fingerprint density at radius 1 is 1.30 bits per heavy atom. The topological polar surface area (TPSA) is 69.6 Å². The van der Waals surface area contributed by atoms with Gasteiger partial charge in [0.2, 0.25) is 0 Å². The molecule has 2 N–H and O–H groups in total. The lowest BCUT2D eigenvalue weighted by Crippen LogP contribution is -2.56. The van der Waals surface area contributed by atoms with Crippen LogP contribution < -0.4 is 10.2 Å². The second-order valence-corrected chi connectivity index (χ2v) is 5.03. The van der Waals surface area contributed by atoms with E-state index in [1.54, 1.807) is 6.07 Å². The van der Waals surface area contributed by atoms with Gasteiger partial charge in [-0.15, -0.1) is 0 Å². The van der Waals surface area contributed by atoms with Crippen LogP contribution in [0.15, 0.2) is 24.3 Å². The van der Waals surface area contributed by atoms with Gasteiger partial charge in [0.05, 0.1) is 5.69 Å². The van der Waals surface area contributed by atoms with E-state index in [2.05, 4.69) is 5.32 Å². The number of halogens is 1. The minimum atomic E-state index is -1.23. The van der Waals surface area contributed by atoms with Crippen molar-refractivity contribution in [1.29, 1.82) is 0 Å². The zero-order chi connectivity index (χ0) is 14.8. The zero-order valence-corrected chi connectivity index (χ0v) is 11.2. The third-order valence-corrected chi connectivity index (χ3v) is 3.73. The van der Waals surface area contributed by atoms with Gasteiger partial charge < -0.3 is 10.4 Å². The lowest BCUT2D eigenvalue weighted by molar-refractivity contribution is -0.144. The number of amides is 2. The van der Waals surface area contributed by atoms with Gasteiger partial charge in [-0.3, -0.25) is 4.90 Å². The molecular weight excluding hydrogens is 263 g/mol. The number of nitrogens with one attached hydrogen (secondary N) is 1. The Kier molecular flexibility index (Phi) is 3.92. The average Bonchev–Trinajstić information content (AvgIpc) is 2.88. The summed E-state index contributed by atoms with van der Waals surface area (Å²) in [5.74, 6) is -1.56. The van der Waals surface area contributed by atoms with Crippen molar-refractivity contribution in [3.05, 3.63) is 30.1 Å². The molecule has 2 rings (SSSR count). The molecule has 20 heavy (non-hydrogen) atoms. The van der Waals surface area contributed by atoms with Crippen molar-refractivity contribution in [2.45, 2.75) is 31.2 Å². The Morgan fingerprint density at radius 2 is 1.90 bits per heavy atom. The van der Waals surface area contributed by atoms with E-state index in [9.17, 15) is 19.1 Å². The molecule has 0 aromatic heterocycles. The summed E-state index contributed by atoms with van der Waals surface area (Å²) in [5, 5.41) is 11.9. The van der Waals surface area contributed by atoms with E-state index in [1.807, 2.05) is 0 Å². The number of para-hydroxylation sites is 1. The maximum Gasteiger partial charge on any atom is 0.329 e. The molecule has 1 saturated carbocycles. The van der Waals surface area contributed by atoms with E-state index >= 15 is 0 Å². The Morgan fingerprint density at radius 3 is 2.45 bits per heavy atom. The second-order valence-electron chi connectivity index (χ2n) is 5.03. The largest absolute Gasteiger partial charge is 0.480 e. The van der Waals surface area contributed by atoms with Gasteiger partial charge in [-0.2, -0.15) is 0 Å². The highest BCUT2D eigenvalue weighted by Gasteiger charge is 2.43. The van der Waals surface area contributed by atoms with Gasteiger partial charge in [0.1, 0.15) is 11.4 Å². The highest BCUT2D eigenvalue weighted by atomic mass is 19.1. The van der Waals surface area contributed by atoms with Gasteiger partial charge in [-0.25, -0.2) is 14.0 Å². The molecule has 0 heterocycles. The van der Waals surface area contributed by atoms with Gasteiger partial charge in [0.25, 0.3) is 0 Å². The maximum atomic E-state index is 13.6. The van der Waals surface area contributed by atoms with E-state index in [1.165, 1.54) is 25.2 Å². The lowest BCUT2D eigenvalue weighted by Gasteiger charge is -2.28. The van der Waals surface area contributed by atoms with Crippen LogP contribution in [-0.4, -0.2) is 29.7 Å². The molecule has 108 valence electrons. The first kappa shape index (κ1) is 14.3. The molecule has 5 nitrogen and oxygen atoms in total. The third-order valence-electron chi connectivity index (χ3n) is 3.73. The van der Waals surface area contributed by atoms with Crippen LogP contribution in [0.2, 0.25) is 0 Å². The Bertz CT molecular complexity index is 527. The first-order valence-corrected chi connectivity index (χ1v) is 6.50. The summed E-state index contributed by atoms with van der Waals surface area (Å²) in [6.07, 6.45) is 2.32. The molecule has 1 fully saturated rings. The normalized spacial score (nSPS) is 16.7. The van der Waals surface area contributed by atoms with Crippen molar-refractivity contribution in [2.24, 2.45) is 0 Å². The zero-order valence-electron chi connectivity index (χ0n) is 11.2. The summed E-state index contributed by atoms with van der Waals surface area (Å²) in [7, 11) is 1.41. The maximum absolute atomic E-state index is 13.6. The van der Waals surface area contributed by atoms with Crippen molar-refractivity contribution in [2.75, 3.05) is 11.9 Å². The SMILES string of the molecule is CN(C(=O)NC1(C(=O)O)CCCC1)c1ccccc1F. The number of benzene rings is 1. The first-order chi connectivity index (χ1) is 9.46. The van der Waals surface area contributed by atoms with Crippen molar-refractivity contribution in [3.63, 3.8) is 0 Å². The monoisotopic (exact) mass is 280 g/mol. The summed E-state index contributed by atoms with van der Waals surface area (Å²) in [5.41, 5.74) is -1.11. The van der Waals surface area contributed by atoms with E-state index in [-0.39, 0.29) is 5.69 Å². The van der Waals surface area contributed by atoms with Crippen LogP contribution in [0.5, 0.6) is 0 Å². The number of carboxylic acids is 1. The molecular formula is C14H17FN2O3. The van der Waals surface area contributed by atoms with Gasteiger partial charge in [0.15, 0.2) is 0 Å². The summed E-state index contributed by atoms with van der Waals surface area (Å²) < 4.78 is 13.6. The molecule has 1 aromatic rings. The molecule has 6 heteroatoms. The Balaban J connectivity index is 2.15. The highest BCUT2D eigenvalue weighted by Crippen LogP contribution is 2.30. The number of carbonyl (C=O) groups is 2. The number of carboxylic acid groups (broad SMARTS) is 1.